The summed E-state index contributed by atoms with van der Waals surface area (Å²) in [5, 5.41) is 2.93. The van der Waals surface area contributed by atoms with Crippen LogP contribution in [0.2, 0.25) is 0 Å². The Labute approximate surface area is 199 Å². The predicted octanol–water partition coefficient (Wildman–Crippen LogP) is 3.69. The van der Waals surface area contributed by atoms with Crippen molar-refractivity contribution in [2.45, 2.75) is 25.8 Å². The second-order valence-corrected chi connectivity index (χ2v) is 9.85. The molecule has 2 aromatic carbocycles. The van der Waals surface area contributed by atoms with Crippen molar-refractivity contribution >= 4 is 23.4 Å². The maximum atomic E-state index is 13.7. The summed E-state index contributed by atoms with van der Waals surface area (Å²) in [5.41, 5.74) is 1.51. The second kappa shape index (κ2) is 8.12. The molecule has 7 atom stereocenters. The van der Waals surface area contributed by atoms with Crippen molar-refractivity contribution in [3.63, 3.8) is 0 Å². The molecule has 0 aromatic heterocycles. The second-order valence-electron chi connectivity index (χ2n) is 9.85. The van der Waals surface area contributed by atoms with Gasteiger partial charge in [0.2, 0.25) is 17.7 Å². The lowest BCUT2D eigenvalue weighted by atomic mass is 9.63. The molecular formula is C28H28N2O4. The molecule has 1 aliphatic heterocycles. The van der Waals surface area contributed by atoms with Gasteiger partial charge in [0.25, 0.3) is 0 Å². The quantitative estimate of drug-likeness (QED) is 0.509. The zero-order valence-corrected chi connectivity index (χ0v) is 19.1. The van der Waals surface area contributed by atoms with E-state index in [9.17, 15) is 14.4 Å². The number of carbonyl (C=O) groups is 3. The lowest BCUT2D eigenvalue weighted by molar-refractivity contribution is -0.146. The van der Waals surface area contributed by atoms with Gasteiger partial charge in [-0.05, 0) is 66.8 Å². The van der Waals surface area contributed by atoms with Crippen LogP contribution >= 0.6 is 0 Å². The molecule has 1 heterocycles. The third-order valence-corrected chi connectivity index (χ3v) is 8.02. The molecule has 6 nitrogen and oxygen atoms in total. The molecule has 34 heavy (non-hydrogen) atoms. The lowest BCUT2D eigenvalue weighted by Crippen LogP contribution is -2.49. The van der Waals surface area contributed by atoms with Gasteiger partial charge in [0.05, 0.1) is 18.4 Å². The van der Waals surface area contributed by atoms with Gasteiger partial charge in [-0.2, -0.15) is 0 Å². The van der Waals surface area contributed by atoms with Crippen LogP contribution < -0.4 is 10.1 Å². The van der Waals surface area contributed by atoms with E-state index < -0.39 is 6.04 Å². The monoisotopic (exact) mass is 456 g/mol. The van der Waals surface area contributed by atoms with E-state index in [1.807, 2.05) is 37.3 Å². The van der Waals surface area contributed by atoms with E-state index in [0.717, 1.165) is 17.7 Å². The summed E-state index contributed by atoms with van der Waals surface area (Å²) in [5.74, 6) is 0.698. The topological polar surface area (TPSA) is 75.7 Å². The molecular weight excluding hydrogens is 428 g/mol. The highest BCUT2D eigenvalue weighted by Gasteiger charge is 2.67. The Bertz CT molecular complexity index is 1120. The van der Waals surface area contributed by atoms with Gasteiger partial charge in [0.1, 0.15) is 11.8 Å². The van der Waals surface area contributed by atoms with Crippen molar-refractivity contribution in [1.82, 2.24) is 4.90 Å². The molecule has 2 aromatic rings. The van der Waals surface area contributed by atoms with E-state index in [1.54, 1.807) is 24.3 Å². The van der Waals surface area contributed by atoms with Crippen LogP contribution in [0.1, 0.15) is 18.9 Å². The highest BCUT2D eigenvalue weighted by molar-refractivity contribution is 6.10. The summed E-state index contributed by atoms with van der Waals surface area (Å²) in [6.07, 6.45) is 5.71. The molecule has 2 bridgehead atoms. The summed E-state index contributed by atoms with van der Waals surface area (Å²) in [6.45, 7) is 2.47. The fourth-order valence-corrected chi connectivity index (χ4v) is 6.45. The SMILES string of the molecule is CCOc1ccc(NC(=O)C(Cc2ccccc2)N2C(=O)C3C4C=CC(C5CC45)C3C2=O)cc1. The fraction of sp³-hybridized carbons (Fsp3) is 0.393. The molecule has 1 N–H and O–H groups in total. The molecule has 7 unspecified atom stereocenters. The van der Waals surface area contributed by atoms with Crippen LogP contribution in [0.3, 0.4) is 0 Å². The summed E-state index contributed by atoms with van der Waals surface area (Å²) in [7, 11) is 0. The molecule has 1 saturated heterocycles. The first-order valence-corrected chi connectivity index (χ1v) is 12.2. The molecule has 7 rings (SSSR count). The molecule has 3 fully saturated rings. The van der Waals surface area contributed by atoms with E-state index >= 15 is 0 Å². The van der Waals surface area contributed by atoms with Crippen molar-refractivity contribution in [2.24, 2.45) is 35.5 Å². The highest BCUT2D eigenvalue weighted by Crippen LogP contribution is 2.65. The Morgan fingerprint density at radius 3 is 2.18 bits per heavy atom. The minimum atomic E-state index is -0.893. The first kappa shape index (κ1) is 21.1. The molecule has 0 radical (unpaired) electrons. The van der Waals surface area contributed by atoms with Gasteiger partial charge in [0, 0.05) is 12.1 Å². The fourth-order valence-electron chi connectivity index (χ4n) is 6.45. The van der Waals surface area contributed by atoms with E-state index in [2.05, 4.69) is 17.5 Å². The van der Waals surface area contributed by atoms with E-state index in [-0.39, 0.29) is 47.8 Å². The number of hydrogen-bond donors (Lipinski definition) is 1. The number of anilines is 1. The van der Waals surface area contributed by atoms with Crippen LogP contribution in [0.25, 0.3) is 0 Å². The number of likely N-dealkylation sites (tertiary alicyclic amines) is 1. The molecule has 174 valence electrons. The van der Waals surface area contributed by atoms with Crippen LogP contribution in [0.4, 0.5) is 5.69 Å². The number of nitrogens with one attached hydrogen (secondary N) is 1. The number of nitrogens with zero attached hydrogens (tertiary/aromatic N) is 1. The Morgan fingerprint density at radius 1 is 0.971 bits per heavy atom. The average Bonchev–Trinajstić information content (AvgIpc) is 3.63. The number of hydrogen-bond acceptors (Lipinski definition) is 4. The summed E-state index contributed by atoms with van der Waals surface area (Å²) in [6, 6.07) is 15.8. The zero-order chi connectivity index (χ0) is 23.4. The van der Waals surface area contributed by atoms with Gasteiger partial charge in [-0.1, -0.05) is 42.5 Å². The Kier molecular flexibility index (Phi) is 5.05. The standard InChI is InChI=1S/C28H28N2O4/c1-2-34-18-10-8-17(9-11-18)29-26(31)23(14-16-6-4-3-5-7-16)30-27(32)24-19-12-13-20(22-15-21(19)22)25(24)28(30)33/h3-13,19-25H,2,14-15H2,1H3,(H,29,31). The third kappa shape index (κ3) is 3.35. The van der Waals surface area contributed by atoms with Crippen molar-refractivity contribution in [1.29, 1.82) is 0 Å². The maximum absolute atomic E-state index is 13.7. The van der Waals surface area contributed by atoms with Gasteiger partial charge in [-0.15, -0.1) is 0 Å². The maximum Gasteiger partial charge on any atom is 0.248 e. The van der Waals surface area contributed by atoms with Crippen molar-refractivity contribution in [2.75, 3.05) is 11.9 Å². The largest absolute Gasteiger partial charge is 0.494 e. The van der Waals surface area contributed by atoms with Crippen molar-refractivity contribution in [3.05, 3.63) is 72.3 Å². The van der Waals surface area contributed by atoms with Gasteiger partial charge in [-0.25, -0.2) is 0 Å². The zero-order valence-electron chi connectivity index (χ0n) is 19.1. The number of imide groups is 1. The Hall–Kier alpha value is -3.41. The average molecular weight is 457 g/mol. The number of ether oxygens (including phenoxy) is 1. The number of amides is 3. The first-order valence-electron chi connectivity index (χ1n) is 12.2. The van der Waals surface area contributed by atoms with Crippen molar-refractivity contribution < 1.29 is 19.1 Å². The van der Waals surface area contributed by atoms with Gasteiger partial charge in [-0.3, -0.25) is 19.3 Å². The number of allylic oxidation sites excluding steroid dienone is 2. The molecule has 2 saturated carbocycles. The van der Waals surface area contributed by atoms with E-state index in [4.69, 9.17) is 4.74 Å². The predicted molar refractivity (Wildman–Crippen MR) is 127 cm³/mol. The minimum absolute atomic E-state index is 0.132. The summed E-state index contributed by atoms with van der Waals surface area (Å²) >= 11 is 0. The van der Waals surface area contributed by atoms with E-state index in [1.165, 1.54) is 4.90 Å². The van der Waals surface area contributed by atoms with Crippen LogP contribution in [-0.2, 0) is 20.8 Å². The van der Waals surface area contributed by atoms with E-state index in [0.29, 0.717) is 24.1 Å². The Balaban J connectivity index is 1.29. The van der Waals surface area contributed by atoms with Crippen LogP contribution in [0, 0.1) is 35.5 Å². The first-order chi connectivity index (χ1) is 16.6. The minimum Gasteiger partial charge on any atom is -0.494 e. The van der Waals surface area contributed by atoms with Crippen molar-refractivity contribution in [3.8, 4) is 5.75 Å². The van der Waals surface area contributed by atoms with Gasteiger partial charge >= 0.3 is 0 Å². The Morgan fingerprint density at radius 2 is 1.59 bits per heavy atom. The summed E-state index contributed by atoms with van der Waals surface area (Å²) in [4.78, 5) is 42.2. The molecule has 5 aliphatic rings. The number of rotatable bonds is 7. The van der Waals surface area contributed by atoms with Crippen LogP contribution in [-0.4, -0.2) is 35.3 Å². The smallest absolute Gasteiger partial charge is 0.248 e. The number of carbonyl (C=O) groups excluding carboxylic acids is 3. The molecule has 4 aliphatic carbocycles. The summed E-state index contributed by atoms with van der Waals surface area (Å²) < 4.78 is 5.48. The number of benzene rings is 2. The normalized spacial score (nSPS) is 31.1. The third-order valence-electron chi connectivity index (χ3n) is 8.02. The van der Waals surface area contributed by atoms with Gasteiger partial charge < -0.3 is 10.1 Å². The molecule has 0 spiro atoms. The van der Waals surface area contributed by atoms with Crippen LogP contribution in [0.5, 0.6) is 5.75 Å². The van der Waals surface area contributed by atoms with Gasteiger partial charge in [0.15, 0.2) is 0 Å². The van der Waals surface area contributed by atoms with Crippen LogP contribution in [0.15, 0.2) is 66.7 Å². The molecule has 3 amide bonds. The lowest BCUT2D eigenvalue weighted by Gasteiger charge is -2.37. The highest BCUT2D eigenvalue weighted by atomic mass is 16.5. The molecule has 6 heteroatoms.